The van der Waals surface area contributed by atoms with E-state index in [0.717, 1.165) is 0 Å². The minimum Gasteiger partial charge on any atom is -0.441 e. The number of oxazole rings is 1. The van der Waals surface area contributed by atoms with E-state index in [1.54, 1.807) is 31.2 Å². The largest absolute Gasteiger partial charge is 0.441 e. The second kappa shape index (κ2) is 4.94. The van der Waals surface area contributed by atoms with E-state index in [1.165, 1.54) is 12.4 Å². The van der Waals surface area contributed by atoms with E-state index in [1.807, 2.05) is 0 Å². The SMILES string of the molecule is Cc1nc2cc(NC(=O)c3ccncc3Cl)ccc2o1. The fourth-order valence-electron chi connectivity index (χ4n) is 1.88. The fraction of sp³-hybridized carbons (Fsp3) is 0.0714. The number of pyridine rings is 1. The molecule has 20 heavy (non-hydrogen) atoms. The third kappa shape index (κ3) is 2.35. The Balaban J connectivity index is 1.89. The minimum atomic E-state index is -0.294. The van der Waals surface area contributed by atoms with Gasteiger partial charge in [-0.1, -0.05) is 11.6 Å². The number of fused-ring (bicyclic) bond motifs is 1. The predicted molar refractivity (Wildman–Crippen MR) is 75.9 cm³/mol. The van der Waals surface area contributed by atoms with Crippen molar-refractivity contribution >= 4 is 34.3 Å². The Kier molecular flexibility index (Phi) is 3.12. The van der Waals surface area contributed by atoms with Crippen LogP contribution in [0.25, 0.3) is 11.1 Å². The van der Waals surface area contributed by atoms with Gasteiger partial charge in [0, 0.05) is 25.0 Å². The highest BCUT2D eigenvalue weighted by Crippen LogP contribution is 2.21. The average molecular weight is 288 g/mol. The monoisotopic (exact) mass is 287 g/mol. The summed E-state index contributed by atoms with van der Waals surface area (Å²) in [7, 11) is 0. The van der Waals surface area contributed by atoms with Gasteiger partial charge in [0.05, 0.1) is 10.6 Å². The van der Waals surface area contributed by atoms with Gasteiger partial charge in [-0.15, -0.1) is 0 Å². The normalized spacial score (nSPS) is 10.7. The lowest BCUT2D eigenvalue weighted by molar-refractivity contribution is 0.102. The van der Waals surface area contributed by atoms with Gasteiger partial charge in [0.2, 0.25) is 0 Å². The zero-order valence-corrected chi connectivity index (χ0v) is 11.3. The molecule has 0 bridgehead atoms. The molecule has 0 unspecified atom stereocenters. The van der Waals surface area contributed by atoms with Gasteiger partial charge >= 0.3 is 0 Å². The van der Waals surface area contributed by atoms with Crippen LogP contribution in [-0.2, 0) is 0 Å². The number of amides is 1. The molecular formula is C14H10ClN3O2. The van der Waals surface area contributed by atoms with Crippen molar-refractivity contribution in [1.29, 1.82) is 0 Å². The third-order valence-corrected chi connectivity index (χ3v) is 3.07. The highest BCUT2D eigenvalue weighted by Gasteiger charge is 2.11. The van der Waals surface area contributed by atoms with Crippen LogP contribution in [0.2, 0.25) is 5.02 Å². The number of aryl methyl sites for hydroxylation is 1. The number of nitrogens with one attached hydrogen (secondary N) is 1. The molecule has 0 aliphatic heterocycles. The molecule has 0 spiro atoms. The Labute approximate surface area is 119 Å². The molecule has 0 atom stereocenters. The van der Waals surface area contributed by atoms with E-state index in [0.29, 0.717) is 33.3 Å². The van der Waals surface area contributed by atoms with E-state index in [-0.39, 0.29) is 5.91 Å². The van der Waals surface area contributed by atoms with Crippen LogP contribution in [0.1, 0.15) is 16.2 Å². The molecule has 1 aromatic carbocycles. The molecule has 0 radical (unpaired) electrons. The second-order valence-electron chi connectivity index (χ2n) is 4.23. The topological polar surface area (TPSA) is 68.0 Å². The van der Waals surface area contributed by atoms with Crippen molar-refractivity contribution in [1.82, 2.24) is 9.97 Å². The molecule has 0 aliphatic rings. The number of carbonyl (C=O) groups is 1. The van der Waals surface area contributed by atoms with Gasteiger partial charge in [-0.05, 0) is 24.3 Å². The van der Waals surface area contributed by atoms with Crippen molar-refractivity contribution in [3.8, 4) is 0 Å². The maximum absolute atomic E-state index is 12.1. The van der Waals surface area contributed by atoms with Crippen molar-refractivity contribution < 1.29 is 9.21 Å². The number of carbonyl (C=O) groups excluding carboxylic acids is 1. The lowest BCUT2D eigenvalue weighted by Gasteiger charge is -2.05. The molecule has 6 heteroatoms. The molecule has 1 N–H and O–H groups in total. The van der Waals surface area contributed by atoms with Gasteiger partial charge < -0.3 is 9.73 Å². The van der Waals surface area contributed by atoms with Crippen LogP contribution >= 0.6 is 11.6 Å². The predicted octanol–water partition coefficient (Wildman–Crippen LogP) is 3.44. The molecule has 2 heterocycles. The summed E-state index contributed by atoms with van der Waals surface area (Å²) in [5, 5.41) is 3.08. The maximum Gasteiger partial charge on any atom is 0.257 e. The van der Waals surface area contributed by atoms with Crippen LogP contribution < -0.4 is 5.32 Å². The number of nitrogens with zero attached hydrogens (tertiary/aromatic N) is 2. The number of hydrogen-bond acceptors (Lipinski definition) is 4. The van der Waals surface area contributed by atoms with Crippen molar-refractivity contribution in [2.45, 2.75) is 6.92 Å². The first-order valence-corrected chi connectivity index (χ1v) is 6.29. The summed E-state index contributed by atoms with van der Waals surface area (Å²) in [6.07, 6.45) is 2.95. The zero-order valence-electron chi connectivity index (χ0n) is 10.6. The highest BCUT2D eigenvalue weighted by atomic mass is 35.5. The van der Waals surface area contributed by atoms with Crippen molar-refractivity contribution in [2.24, 2.45) is 0 Å². The number of anilines is 1. The van der Waals surface area contributed by atoms with Crippen molar-refractivity contribution in [3.05, 3.63) is 53.1 Å². The van der Waals surface area contributed by atoms with Crippen LogP contribution in [0.3, 0.4) is 0 Å². The van der Waals surface area contributed by atoms with E-state index < -0.39 is 0 Å². The summed E-state index contributed by atoms with van der Waals surface area (Å²) in [4.78, 5) is 20.2. The molecule has 0 fully saturated rings. The van der Waals surface area contributed by atoms with Gasteiger partial charge in [0.15, 0.2) is 11.5 Å². The molecule has 2 aromatic heterocycles. The highest BCUT2D eigenvalue weighted by molar-refractivity contribution is 6.34. The smallest absolute Gasteiger partial charge is 0.257 e. The molecule has 3 aromatic rings. The average Bonchev–Trinajstić information content (AvgIpc) is 2.78. The van der Waals surface area contributed by atoms with Crippen LogP contribution in [0.4, 0.5) is 5.69 Å². The molecule has 100 valence electrons. The van der Waals surface area contributed by atoms with E-state index in [9.17, 15) is 4.79 Å². The number of aromatic nitrogens is 2. The van der Waals surface area contributed by atoms with Gasteiger partial charge in [-0.25, -0.2) is 4.98 Å². The number of halogens is 1. The van der Waals surface area contributed by atoms with Crippen molar-refractivity contribution in [3.63, 3.8) is 0 Å². The Bertz CT molecular complexity index is 798. The maximum atomic E-state index is 12.1. The van der Waals surface area contributed by atoms with Crippen LogP contribution in [-0.4, -0.2) is 15.9 Å². The summed E-state index contributed by atoms with van der Waals surface area (Å²) < 4.78 is 5.38. The second-order valence-corrected chi connectivity index (χ2v) is 4.63. The molecule has 1 amide bonds. The Morgan fingerprint density at radius 2 is 2.20 bits per heavy atom. The molecule has 0 saturated heterocycles. The summed E-state index contributed by atoms with van der Waals surface area (Å²) in [6, 6.07) is 6.83. The Morgan fingerprint density at radius 1 is 1.35 bits per heavy atom. The standard InChI is InChI=1S/C14H10ClN3O2/c1-8-17-12-6-9(2-3-13(12)20-8)18-14(19)10-4-5-16-7-11(10)15/h2-7H,1H3,(H,18,19). The van der Waals surface area contributed by atoms with Gasteiger partial charge in [-0.3, -0.25) is 9.78 Å². The van der Waals surface area contributed by atoms with E-state index in [4.69, 9.17) is 16.0 Å². The first-order valence-electron chi connectivity index (χ1n) is 5.91. The fourth-order valence-corrected chi connectivity index (χ4v) is 2.08. The Hall–Kier alpha value is -2.40. The van der Waals surface area contributed by atoms with Crippen molar-refractivity contribution in [2.75, 3.05) is 5.32 Å². The summed E-state index contributed by atoms with van der Waals surface area (Å²) >= 11 is 5.93. The van der Waals surface area contributed by atoms with E-state index in [2.05, 4.69) is 15.3 Å². The summed E-state index contributed by atoms with van der Waals surface area (Å²) in [5.41, 5.74) is 2.38. The first-order chi connectivity index (χ1) is 9.63. The summed E-state index contributed by atoms with van der Waals surface area (Å²) in [6.45, 7) is 1.77. The molecule has 0 aliphatic carbocycles. The number of rotatable bonds is 2. The molecular weight excluding hydrogens is 278 g/mol. The third-order valence-electron chi connectivity index (χ3n) is 2.77. The van der Waals surface area contributed by atoms with Gasteiger partial charge in [0.1, 0.15) is 5.52 Å². The first kappa shape index (κ1) is 12.6. The van der Waals surface area contributed by atoms with Crippen LogP contribution in [0.15, 0.2) is 41.1 Å². The molecule has 5 nitrogen and oxygen atoms in total. The zero-order chi connectivity index (χ0) is 14.1. The van der Waals surface area contributed by atoms with Gasteiger partial charge in [0.25, 0.3) is 5.91 Å². The Morgan fingerprint density at radius 3 is 3.00 bits per heavy atom. The quantitative estimate of drug-likeness (QED) is 0.784. The molecule has 3 rings (SSSR count). The summed E-state index contributed by atoms with van der Waals surface area (Å²) in [5.74, 6) is 0.289. The van der Waals surface area contributed by atoms with Crippen LogP contribution in [0, 0.1) is 6.92 Å². The molecule has 0 saturated carbocycles. The van der Waals surface area contributed by atoms with E-state index >= 15 is 0 Å². The lowest BCUT2D eigenvalue weighted by Crippen LogP contribution is -2.12. The number of hydrogen-bond donors (Lipinski definition) is 1. The number of benzene rings is 1. The van der Waals surface area contributed by atoms with Crippen LogP contribution in [0.5, 0.6) is 0 Å². The van der Waals surface area contributed by atoms with Gasteiger partial charge in [-0.2, -0.15) is 0 Å². The minimum absolute atomic E-state index is 0.294. The lowest BCUT2D eigenvalue weighted by atomic mass is 10.2.